The Hall–Kier alpha value is -2.69. The van der Waals surface area contributed by atoms with Crippen LogP contribution in [0.25, 0.3) is 0 Å². The van der Waals surface area contributed by atoms with Crippen LogP contribution in [0.4, 0.5) is 0 Å². The number of benzene rings is 2. The van der Waals surface area contributed by atoms with Crippen LogP contribution < -0.4 is 14.2 Å². The third kappa shape index (κ3) is 3.22. The van der Waals surface area contributed by atoms with Crippen molar-refractivity contribution in [1.82, 2.24) is 5.01 Å². The summed E-state index contributed by atoms with van der Waals surface area (Å²) < 4.78 is 17.1. The van der Waals surface area contributed by atoms with Crippen LogP contribution in [0.15, 0.2) is 47.6 Å². The lowest BCUT2D eigenvalue weighted by Crippen LogP contribution is -2.41. The Morgan fingerprint density at radius 1 is 1.11 bits per heavy atom. The molecule has 0 fully saturated rings. The van der Waals surface area contributed by atoms with Gasteiger partial charge in [-0.2, -0.15) is 5.10 Å². The minimum absolute atomic E-state index is 0.0393. The topological polar surface area (TPSA) is 43.3 Å². The van der Waals surface area contributed by atoms with Crippen LogP contribution in [0.2, 0.25) is 0 Å². The van der Waals surface area contributed by atoms with Crippen molar-refractivity contribution in [2.75, 3.05) is 14.2 Å². The first kappa shape index (κ1) is 17.7. The van der Waals surface area contributed by atoms with Gasteiger partial charge in [-0.1, -0.05) is 32.0 Å². The van der Waals surface area contributed by atoms with E-state index in [0.717, 1.165) is 41.4 Å². The zero-order valence-electron chi connectivity index (χ0n) is 16.3. The molecule has 0 N–H and O–H groups in total. The van der Waals surface area contributed by atoms with Crippen LogP contribution in [0.1, 0.15) is 43.9 Å². The number of hydrogen-bond donors (Lipinski definition) is 0. The van der Waals surface area contributed by atoms with Gasteiger partial charge in [0.2, 0.25) is 0 Å². The molecule has 4 rings (SSSR count). The summed E-state index contributed by atoms with van der Waals surface area (Å²) in [5.41, 5.74) is 3.31. The second kappa shape index (κ2) is 7.14. The van der Waals surface area contributed by atoms with E-state index >= 15 is 0 Å². The minimum atomic E-state index is -0.0393. The number of para-hydroxylation sites is 1. The molecule has 2 aliphatic heterocycles. The number of rotatable bonds is 5. The van der Waals surface area contributed by atoms with Crippen LogP contribution in [0.5, 0.6) is 17.2 Å². The van der Waals surface area contributed by atoms with Gasteiger partial charge in [0.05, 0.1) is 26.0 Å². The van der Waals surface area contributed by atoms with E-state index in [-0.39, 0.29) is 12.3 Å². The summed E-state index contributed by atoms with van der Waals surface area (Å²) in [6.45, 7) is 4.43. The van der Waals surface area contributed by atoms with Crippen LogP contribution in [-0.2, 0) is 0 Å². The van der Waals surface area contributed by atoms with Crippen LogP contribution in [0.3, 0.4) is 0 Å². The lowest BCUT2D eigenvalue weighted by atomic mass is 9.95. The maximum atomic E-state index is 6.30. The van der Waals surface area contributed by atoms with Crippen LogP contribution in [-0.4, -0.2) is 31.2 Å². The Morgan fingerprint density at radius 3 is 2.63 bits per heavy atom. The van der Waals surface area contributed by atoms with Gasteiger partial charge >= 0.3 is 0 Å². The van der Waals surface area contributed by atoms with E-state index in [1.54, 1.807) is 14.2 Å². The standard InChI is InChI=1S/C22H26N2O3/c1-14(2)11-22-24-18(16-7-5-6-8-19(16)27-22)13-17(23-24)15-9-10-20(25-3)21(12-15)26-4/h5-10,12,14,18,22H,11,13H2,1-4H3/t18-,22+/m0/s1. The smallest absolute Gasteiger partial charge is 0.188 e. The molecule has 2 heterocycles. The highest BCUT2D eigenvalue weighted by molar-refractivity contribution is 6.02. The Kier molecular flexibility index (Phi) is 4.68. The largest absolute Gasteiger partial charge is 0.493 e. The molecular weight excluding hydrogens is 340 g/mol. The molecular formula is C22H26N2O3. The lowest BCUT2D eigenvalue weighted by molar-refractivity contribution is -0.0291. The quantitative estimate of drug-likeness (QED) is 0.774. The number of fused-ring (bicyclic) bond motifs is 3. The molecule has 5 nitrogen and oxygen atoms in total. The Labute approximate surface area is 160 Å². The van der Waals surface area contributed by atoms with Crippen molar-refractivity contribution < 1.29 is 14.2 Å². The Bertz CT molecular complexity index is 862. The van der Waals surface area contributed by atoms with Crippen LogP contribution >= 0.6 is 0 Å². The summed E-state index contributed by atoms with van der Waals surface area (Å²) in [7, 11) is 3.31. The van der Waals surface area contributed by atoms with E-state index in [2.05, 4.69) is 37.1 Å². The highest BCUT2D eigenvalue weighted by Gasteiger charge is 2.40. The van der Waals surface area contributed by atoms with Gasteiger partial charge in [-0.05, 0) is 30.2 Å². The van der Waals surface area contributed by atoms with E-state index < -0.39 is 0 Å². The second-order valence-electron chi connectivity index (χ2n) is 7.46. The van der Waals surface area contributed by atoms with Crippen molar-refractivity contribution in [3.8, 4) is 17.2 Å². The van der Waals surface area contributed by atoms with E-state index in [9.17, 15) is 0 Å². The van der Waals surface area contributed by atoms with Gasteiger partial charge in [0.25, 0.3) is 0 Å². The summed E-state index contributed by atoms with van der Waals surface area (Å²) in [6.07, 6.45) is 1.75. The molecule has 0 unspecified atom stereocenters. The first-order chi connectivity index (χ1) is 13.1. The summed E-state index contributed by atoms with van der Waals surface area (Å²) >= 11 is 0. The average Bonchev–Trinajstić information content (AvgIpc) is 3.13. The number of hydrogen-bond acceptors (Lipinski definition) is 5. The molecule has 2 atom stereocenters. The van der Waals surface area contributed by atoms with E-state index in [1.807, 2.05) is 24.3 Å². The van der Waals surface area contributed by atoms with Crippen molar-refractivity contribution in [2.24, 2.45) is 11.0 Å². The molecule has 2 aromatic rings. The van der Waals surface area contributed by atoms with E-state index in [0.29, 0.717) is 5.92 Å². The first-order valence-corrected chi connectivity index (χ1v) is 9.44. The molecule has 27 heavy (non-hydrogen) atoms. The van der Waals surface area contributed by atoms with Crippen LogP contribution in [0, 0.1) is 5.92 Å². The third-order valence-electron chi connectivity index (χ3n) is 5.17. The molecule has 0 bridgehead atoms. The highest BCUT2D eigenvalue weighted by Crippen LogP contribution is 2.44. The van der Waals surface area contributed by atoms with Gasteiger partial charge in [-0.25, -0.2) is 0 Å². The zero-order valence-corrected chi connectivity index (χ0v) is 16.3. The number of methoxy groups -OCH3 is 2. The Morgan fingerprint density at radius 2 is 1.89 bits per heavy atom. The number of hydrazone groups is 1. The molecule has 0 saturated carbocycles. The van der Waals surface area contributed by atoms with Gasteiger partial charge in [0.1, 0.15) is 5.75 Å². The van der Waals surface area contributed by atoms with Gasteiger partial charge in [-0.3, -0.25) is 5.01 Å². The van der Waals surface area contributed by atoms with Gasteiger partial charge in [0, 0.05) is 24.0 Å². The Balaban J connectivity index is 1.70. The van der Waals surface area contributed by atoms with Crippen molar-refractivity contribution in [3.05, 3.63) is 53.6 Å². The molecule has 142 valence electrons. The molecule has 5 heteroatoms. The molecule has 0 amide bonds. The summed E-state index contributed by atoms with van der Waals surface area (Å²) in [6, 6.07) is 14.5. The van der Waals surface area contributed by atoms with Crippen molar-refractivity contribution in [1.29, 1.82) is 0 Å². The molecule has 0 saturated heterocycles. The second-order valence-corrected chi connectivity index (χ2v) is 7.46. The van der Waals surface area contributed by atoms with Crippen molar-refractivity contribution >= 4 is 5.71 Å². The SMILES string of the molecule is COc1ccc(C2=NN3[C@@H](CC(C)C)Oc4ccccc4[C@@H]3C2)cc1OC. The van der Waals surface area contributed by atoms with Gasteiger partial charge in [-0.15, -0.1) is 0 Å². The third-order valence-corrected chi connectivity index (χ3v) is 5.17. The molecule has 2 aromatic carbocycles. The maximum absolute atomic E-state index is 6.30. The van der Waals surface area contributed by atoms with Gasteiger partial charge < -0.3 is 14.2 Å². The molecule has 0 spiro atoms. The average molecular weight is 366 g/mol. The van der Waals surface area contributed by atoms with Crippen molar-refractivity contribution in [2.45, 2.75) is 39.0 Å². The summed E-state index contributed by atoms with van der Waals surface area (Å²) in [5, 5.41) is 7.12. The molecule has 0 aliphatic carbocycles. The normalized spacial score (nSPS) is 20.6. The monoisotopic (exact) mass is 366 g/mol. The van der Waals surface area contributed by atoms with E-state index in [1.165, 1.54) is 5.56 Å². The summed E-state index contributed by atoms with van der Waals surface area (Å²) in [4.78, 5) is 0. The molecule has 2 aliphatic rings. The fraction of sp³-hybridized carbons (Fsp3) is 0.409. The predicted molar refractivity (Wildman–Crippen MR) is 106 cm³/mol. The van der Waals surface area contributed by atoms with Crippen molar-refractivity contribution in [3.63, 3.8) is 0 Å². The lowest BCUT2D eigenvalue weighted by Gasteiger charge is -2.38. The maximum Gasteiger partial charge on any atom is 0.188 e. The summed E-state index contributed by atoms with van der Waals surface area (Å²) in [5.74, 6) is 2.95. The number of ether oxygens (including phenoxy) is 3. The highest BCUT2D eigenvalue weighted by atomic mass is 16.5. The number of nitrogens with zero attached hydrogens (tertiary/aromatic N) is 2. The van der Waals surface area contributed by atoms with Gasteiger partial charge in [0.15, 0.2) is 17.7 Å². The fourth-order valence-corrected chi connectivity index (χ4v) is 3.86. The minimum Gasteiger partial charge on any atom is -0.493 e. The molecule has 0 aromatic heterocycles. The zero-order chi connectivity index (χ0) is 19.0. The predicted octanol–water partition coefficient (Wildman–Crippen LogP) is 4.62. The first-order valence-electron chi connectivity index (χ1n) is 9.44. The fourth-order valence-electron chi connectivity index (χ4n) is 3.86. The molecule has 0 radical (unpaired) electrons. The van der Waals surface area contributed by atoms with E-state index in [4.69, 9.17) is 19.3 Å².